The Morgan fingerprint density at radius 2 is 1.39 bits per heavy atom. The van der Waals surface area contributed by atoms with Crippen LogP contribution in [0.25, 0.3) is 0 Å². The van der Waals surface area contributed by atoms with Crippen LogP contribution in [0.15, 0.2) is 18.2 Å². The molecule has 0 radical (unpaired) electrons. The van der Waals surface area contributed by atoms with Gasteiger partial charge < -0.3 is 15.1 Å². The molecule has 1 aromatic heterocycles. The quantitative estimate of drug-likeness (QED) is 0.547. The zero-order valence-electron chi connectivity index (χ0n) is 15.9. The summed E-state index contributed by atoms with van der Waals surface area (Å²) in [5.74, 6) is -1.91. The largest absolute Gasteiger partial charge is 0.480 e. The van der Waals surface area contributed by atoms with Crippen molar-refractivity contribution in [2.75, 3.05) is 52.2 Å². The normalized spacial score (nSPS) is 19.9. The fourth-order valence-electron chi connectivity index (χ4n) is 3.16. The van der Waals surface area contributed by atoms with Crippen molar-refractivity contribution in [1.82, 2.24) is 19.7 Å². The van der Waals surface area contributed by atoms with Crippen LogP contribution in [-0.4, -0.2) is 98.9 Å². The highest BCUT2D eigenvalue weighted by molar-refractivity contribution is 7.57. The molecule has 3 N–H and O–H groups in total. The number of fused-ring (bicyclic) bond motifs is 2. The first-order valence-corrected chi connectivity index (χ1v) is 11.2. The monoisotopic (exact) mass is 414 g/mol. The molecular weight excluding hydrogens is 387 g/mol. The Balaban J connectivity index is 2.26. The number of carbonyl (C=O) groups is 2. The van der Waals surface area contributed by atoms with E-state index in [0.29, 0.717) is 50.7 Å². The lowest BCUT2D eigenvalue weighted by Crippen LogP contribution is -2.42. The summed E-state index contributed by atoms with van der Waals surface area (Å²) in [7, 11) is -3.32. The van der Waals surface area contributed by atoms with E-state index in [1.54, 1.807) is 26.8 Å². The molecule has 2 rings (SSSR count). The fourth-order valence-corrected chi connectivity index (χ4v) is 4.19. The van der Waals surface area contributed by atoms with Gasteiger partial charge in [0.15, 0.2) is 0 Å². The minimum Gasteiger partial charge on any atom is -0.480 e. The van der Waals surface area contributed by atoms with Gasteiger partial charge in [0.25, 0.3) is 0 Å². The number of pyridine rings is 1. The molecule has 1 aliphatic heterocycles. The summed E-state index contributed by atoms with van der Waals surface area (Å²) in [6.45, 7) is 3.18. The average molecular weight is 414 g/mol. The highest BCUT2D eigenvalue weighted by Gasteiger charge is 2.21. The zero-order valence-corrected chi connectivity index (χ0v) is 16.8. The van der Waals surface area contributed by atoms with Crippen LogP contribution in [0, 0.1) is 0 Å². The zero-order chi connectivity index (χ0) is 20.7. The molecule has 10 nitrogen and oxygen atoms in total. The number of hydrogen-bond donors (Lipinski definition) is 3. The fraction of sp³-hybridized carbons (Fsp3) is 0.588. The summed E-state index contributed by atoms with van der Waals surface area (Å²) in [4.78, 5) is 42.0. The van der Waals surface area contributed by atoms with Gasteiger partial charge in [0, 0.05) is 45.9 Å². The van der Waals surface area contributed by atoms with Crippen LogP contribution >= 0.6 is 7.37 Å². The van der Waals surface area contributed by atoms with Gasteiger partial charge in [-0.05, 0) is 12.1 Å². The third-order valence-corrected chi connectivity index (χ3v) is 5.21. The summed E-state index contributed by atoms with van der Waals surface area (Å²) in [5.41, 5.74) is 1.40. The maximum atomic E-state index is 11.9. The number of nitrogens with zero attached hydrogens (tertiary/aromatic N) is 4. The molecule has 0 aromatic carbocycles. The second kappa shape index (κ2) is 10.1. The van der Waals surface area contributed by atoms with Gasteiger partial charge >= 0.3 is 11.9 Å². The highest BCUT2D eigenvalue weighted by atomic mass is 31.2. The Morgan fingerprint density at radius 1 is 0.964 bits per heavy atom. The van der Waals surface area contributed by atoms with Crippen molar-refractivity contribution < 1.29 is 29.3 Å². The number of carboxylic acid groups (broad SMARTS) is 2. The molecule has 1 aliphatic rings. The molecule has 0 spiro atoms. The van der Waals surface area contributed by atoms with Gasteiger partial charge in [-0.3, -0.25) is 33.8 Å². The lowest BCUT2D eigenvalue weighted by Gasteiger charge is -2.30. The third kappa shape index (κ3) is 8.45. The first-order chi connectivity index (χ1) is 13.1. The van der Waals surface area contributed by atoms with Gasteiger partial charge in [0.1, 0.15) is 0 Å². The number of aromatic nitrogens is 1. The Bertz CT molecular complexity index is 695. The van der Waals surface area contributed by atoms with Crippen LogP contribution in [-0.2, 0) is 27.2 Å². The van der Waals surface area contributed by atoms with Crippen LogP contribution in [0.2, 0.25) is 0 Å². The van der Waals surface area contributed by atoms with E-state index in [1.807, 2.05) is 6.07 Å². The lowest BCUT2D eigenvalue weighted by molar-refractivity contribution is -0.139. The Labute approximate surface area is 163 Å². The molecule has 2 heterocycles. The molecular formula is C17H27N4O6P. The summed E-state index contributed by atoms with van der Waals surface area (Å²) in [6.07, 6.45) is -0.0294. The molecule has 0 saturated carbocycles. The molecule has 1 aromatic rings. The maximum Gasteiger partial charge on any atom is 0.317 e. The molecule has 28 heavy (non-hydrogen) atoms. The van der Waals surface area contributed by atoms with E-state index in [4.69, 9.17) is 0 Å². The van der Waals surface area contributed by atoms with Crippen molar-refractivity contribution in [2.45, 2.75) is 13.1 Å². The molecule has 0 amide bonds. The Morgan fingerprint density at radius 3 is 1.79 bits per heavy atom. The maximum absolute atomic E-state index is 11.9. The SMILES string of the molecule is CP(=O)(O)CN1CCN(CC(=O)O)Cc2cccc(n2)CN(CC(=O)O)CC1. The van der Waals surface area contributed by atoms with Gasteiger partial charge in [-0.15, -0.1) is 0 Å². The minimum atomic E-state index is -3.32. The van der Waals surface area contributed by atoms with E-state index in [1.165, 1.54) is 6.66 Å². The highest BCUT2D eigenvalue weighted by Crippen LogP contribution is 2.35. The molecule has 1 unspecified atom stereocenters. The predicted molar refractivity (Wildman–Crippen MR) is 102 cm³/mol. The summed E-state index contributed by atoms with van der Waals surface area (Å²) in [6, 6.07) is 5.43. The number of aliphatic carboxylic acids is 2. The van der Waals surface area contributed by atoms with Crippen molar-refractivity contribution in [3.05, 3.63) is 29.6 Å². The van der Waals surface area contributed by atoms with Gasteiger partial charge in [0.05, 0.1) is 30.8 Å². The third-order valence-electron chi connectivity index (χ3n) is 4.28. The molecule has 11 heteroatoms. The van der Waals surface area contributed by atoms with Crippen LogP contribution < -0.4 is 0 Å². The molecule has 0 saturated heterocycles. The second-order valence-corrected chi connectivity index (χ2v) is 9.52. The van der Waals surface area contributed by atoms with Gasteiger partial charge in [0.2, 0.25) is 7.37 Å². The van der Waals surface area contributed by atoms with Gasteiger partial charge in [-0.1, -0.05) is 6.07 Å². The number of carboxylic acids is 2. The smallest absolute Gasteiger partial charge is 0.317 e. The van der Waals surface area contributed by atoms with E-state index >= 15 is 0 Å². The predicted octanol–water partition coefficient (Wildman–Crippen LogP) is 0.0281. The van der Waals surface area contributed by atoms with E-state index in [0.717, 1.165) is 0 Å². The molecule has 1 atom stereocenters. The molecule has 0 aliphatic carbocycles. The van der Waals surface area contributed by atoms with Crippen molar-refractivity contribution in [2.24, 2.45) is 0 Å². The van der Waals surface area contributed by atoms with E-state index in [-0.39, 0.29) is 19.4 Å². The number of rotatable bonds is 6. The van der Waals surface area contributed by atoms with Gasteiger partial charge in [-0.25, -0.2) is 0 Å². The van der Waals surface area contributed by atoms with Crippen LogP contribution in [0.1, 0.15) is 11.4 Å². The second-order valence-electron chi connectivity index (χ2n) is 7.14. The minimum absolute atomic E-state index is 0.0294. The van der Waals surface area contributed by atoms with Crippen molar-refractivity contribution in [3.63, 3.8) is 0 Å². The Hall–Kier alpha value is -1.84. The van der Waals surface area contributed by atoms with Gasteiger partial charge in [-0.2, -0.15) is 0 Å². The lowest BCUT2D eigenvalue weighted by atomic mass is 10.2. The van der Waals surface area contributed by atoms with E-state index in [9.17, 15) is 29.3 Å². The first-order valence-electron chi connectivity index (χ1n) is 8.95. The van der Waals surface area contributed by atoms with Crippen molar-refractivity contribution in [3.8, 4) is 0 Å². The molecule has 2 bridgehead atoms. The van der Waals surface area contributed by atoms with Crippen LogP contribution in [0.4, 0.5) is 0 Å². The summed E-state index contributed by atoms with van der Waals surface area (Å²) in [5, 5.41) is 18.4. The topological polar surface area (TPSA) is 135 Å². The first kappa shape index (κ1) is 22.4. The van der Waals surface area contributed by atoms with E-state index in [2.05, 4.69) is 4.98 Å². The summed E-state index contributed by atoms with van der Waals surface area (Å²) < 4.78 is 11.9. The van der Waals surface area contributed by atoms with Crippen LogP contribution in [0.3, 0.4) is 0 Å². The molecule has 0 fully saturated rings. The average Bonchev–Trinajstić information content (AvgIpc) is 2.54. The van der Waals surface area contributed by atoms with E-state index < -0.39 is 19.3 Å². The standard InChI is InChI=1S/C17H27N4O6P/c1-28(26,27)13-19-5-7-20(11-16(22)23)9-14-3-2-4-15(18-14)10-21(8-6-19)12-17(24)25/h2-4H,5-13H2,1H3,(H,22,23)(H,24,25)(H,26,27). The van der Waals surface area contributed by atoms with Crippen molar-refractivity contribution >= 4 is 19.3 Å². The van der Waals surface area contributed by atoms with Crippen LogP contribution in [0.5, 0.6) is 0 Å². The number of hydrogen-bond acceptors (Lipinski definition) is 7. The van der Waals surface area contributed by atoms with Crippen molar-refractivity contribution in [1.29, 1.82) is 0 Å². The summed E-state index contributed by atoms with van der Waals surface area (Å²) >= 11 is 0. The molecule has 156 valence electrons. The Kier molecular flexibility index (Phi) is 8.09.